The number of carboxylic acid groups (broad SMARTS) is 1. The van der Waals surface area contributed by atoms with Crippen molar-refractivity contribution in [3.8, 4) is 0 Å². The van der Waals surface area contributed by atoms with E-state index < -0.39 is 5.97 Å². The van der Waals surface area contributed by atoms with E-state index in [4.69, 9.17) is 5.11 Å². The van der Waals surface area contributed by atoms with Crippen molar-refractivity contribution in [2.75, 3.05) is 6.54 Å². The number of carboxylic acids is 1. The van der Waals surface area contributed by atoms with E-state index in [9.17, 15) is 14.7 Å². The van der Waals surface area contributed by atoms with Gasteiger partial charge in [0, 0.05) is 25.0 Å². The molecule has 3 unspecified atom stereocenters. The van der Waals surface area contributed by atoms with E-state index in [1.165, 1.54) is 0 Å². The SMILES string of the molecule is O=C(O)c1ccc(CNC(=O)N2CCCCC2C2CCCC2O)cc1. The quantitative estimate of drug-likeness (QED) is 0.782. The van der Waals surface area contributed by atoms with Crippen LogP contribution in [0.15, 0.2) is 24.3 Å². The fraction of sp³-hybridized carbons (Fsp3) is 0.579. The monoisotopic (exact) mass is 346 g/mol. The smallest absolute Gasteiger partial charge is 0.335 e. The number of nitrogens with one attached hydrogen (secondary N) is 1. The minimum absolute atomic E-state index is 0.0916. The number of carbonyl (C=O) groups is 2. The first-order valence-corrected chi connectivity index (χ1v) is 9.11. The van der Waals surface area contributed by atoms with Crippen LogP contribution in [0.1, 0.15) is 54.4 Å². The van der Waals surface area contributed by atoms with Crippen LogP contribution in [0.2, 0.25) is 0 Å². The maximum absolute atomic E-state index is 12.7. The Morgan fingerprint density at radius 3 is 2.48 bits per heavy atom. The number of aliphatic hydroxyl groups is 1. The first-order valence-electron chi connectivity index (χ1n) is 9.11. The highest BCUT2D eigenvalue weighted by Gasteiger charge is 2.38. The molecule has 6 nitrogen and oxygen atoms in total. The summed E-state index contributed by atoms with van der Waals surface area (Å²) < 4.78 is 0. The third-order valence-corrected chi connectivity index (χ3v) is 5.48. The molecule has 0 spiro atoms. The van der Waals surface area contributed by atoms with Crippen molar-refractivity contribution in [1.82, 2.24) is 10.2 Å². The molecule has 1 heterocycles. The van der Waals surface area contributed by atoms with E-state index in [-0.39, 0.29) is 29.7 Å². The summed E-state index contributed by atoms with van der Waals surface area (Å²) in [5.41, 5.74) is 1.11. The molecule has 3 N–H and O–H groups in total. The molecule has 1 aliphatic carbocycles. The third kappa shape index (κ3) is 4.12. The summed E-state index contributed by atoms with van der Waals surface area (Å²) in [5.74, 6) is -0.761. The molecule has 25 heavy (non-hydrogen) atoms. The second-order valence-corrected chi connectivity index (χ2v) is 7.08. The topological polar surface area (TPSA) is 89.9 Å². The number of amides is 2. The predicted molar refractivity (Wildman–Crippen MR) is 93.3 cm³/mol. The van der Waals surface area contributed by atoms with Gasteiger partial charge in [0.1, 0.15) is 0 Å². The summed E-state index contributed by atoms with van der Waals surface area (Å²) >= 11 is 0. The summed E-state index contributed by atoms with van der Waals surface area (Å²) in [7, 11) is 0. The zero-order chi connectivity index (χ0) is 17.8. The van der Waals surface area contributed by atoms with Gasteiger partial charge in [-0.15, -0.1) is 0 Å². The van der Waals surface area contributed by atoms with Crippen LogP contribution in [0.3, 0.4) is 0 Å². The van der Waals surface area contributed by atoms with Crippen molar-refractivity contribution < 1.29 is 19.8 Å². The van der Waals surface area contributed by atoms with E-state index in [1.807, 2.05) is 4.90 Å². The highest BCUT2D eigenvalue weighted by molar-refractivity contribution is 5.87. The first-order chi connectivity index (χ1) is 12.1. The molecule has 1 saturated carbocycles. The highest BCUT2D eigenvalue weighted by atomic mass is 16.4. The number of nitrogens with zero attached hydrogens (tertiary/aromatic N) is 1. The Labute approximate surface area is 147 Å². The highest BCUT2D eigenvalue weighted by Crippen LogP contribution is 2.35. The average Bonchev–Trinajstić information content (AvgIpc) is 3.06. The number of hydrogen-bond donors (Lipinski definition) is 3. The fourth-order valence-corrected chi connectivity index (χ4v) is 4.12. The molecule has 0 aromatic heterocycles. The number of likely N-dealkylation sites (tertiary alicyclic amines) is 1. The number of carbonyl (C=O) groups excluding carboxylic acids is 1. The van der Waals surface area contributed by atoms with Crippen LogP contribution in [-0.4, -0.2) is 45.8 Å². The van der Waals surface area contributed by atoms with Crippen molar-refractivity contribution in [2.24, 2.45) is 5.92 Å². The third-order valence-electron chi connectivity index (χ3n) is 5.48. The van der Waals surface area contributed by atoms with Gasteiger partial charge in [0.2, 0.25) is 0 Å². The second-order valence-electron chi connectivity index (χ2n) is 7.08. The molecule has 1 aliphatic heterocycles. The van der Waals surface area contributed by atoms with Gasteiger partial charge in [-0.1, -0.05) is 18.6 Å². The fourth-order valence-electron chi connectivity index (χ4n) is 4.12. The maximum Gasteiger partial charge on any atom is 0.335 e. The molecular formula is C19H26N2O4. The van der Waals surface area contributed by atoms with Crippen LogP contribution in [0.4, 0.5) is 4.79 Å². The van der Waals surface area contributed by atoms with Gasteiger partial charge in [-0.05, 0) is 49.8 Å². The molecular weight excluding hydrogens is 320 g/mol. The Bertz CT molecular complexity index is 616. The molecule has 0 bridgehead atoms. The van der Waals surface area contributed by atoms with Crippen LogP contribution in [0, 0.1) is 5.92 Å². The molecule has 1 aromatic carbocycles. The van der Waals surface area contributed by atoms with Crippen LogP contribution in [0.25, 0.3) is 0 Å². The van der Waals surface area contributed by atoms with Crippen LogP contribution in [-0.2, 0) is 6.54 Å². The lowest BCUT2D eigenvalue weighted by Crippen LogP contribution is -2.52. The summed E-state index contributed by atoms with van der Waals surface area (Å²) in [6, 6.07) is 6.56. The molecule has 1 aromatic rings. The van der Waals surface area contributed by atoms with E-state index in [0.717, 1.165) is 50.6 Å². The van der Waals surface area contributed by atoms with Gasteiger partial charge in [-0.2, -0.15) is 0 Å². The van der Waals surface area contributed by atoms with Gasteiger partial charge in [-0.3, -0.25) is 0 Å². The number of aliphatic hydroxyl groups excluding tert-OH is 1. The largest absolute Gasteiger partial charge is 0.478 e. The second kappa shape index (κ2) is 7.87. The standard InChI is InChI=1S/C19H26N2O4/c22-17-6-3-4-15(17)16-5-1-2-11-21(16)19(25)20-12-13-7-9-14(10-8-13)18(23)24/h7-10,15-17,22H,1-6,11-12H2,(H,20,25)(H,23,24). The minimum Gasteiger partial charge on any atom is -0.478 e. The Kier molecular flexibility index (Phi) is 5.58. The number of piperidine rings is 1. The van der Waals surface area contributed by atoms with Gasteiger partial charge in [0.15, 0.2) is 0 Å². The molecule has 6 heteroatoms. The molecule has 136 valence electrons. The van der Waals surface area contributed by atoms with Crippen LogP contribution < -0.4 is 5.32 Å². The van der Waals surface area contributed by atoms with Crippen molar-refractivity contribution in [2.45, 2.75) is 57.2 Å². The van der Waals surface area contributed by atoms with E-state index in [0.29, 0.717) is 6.54 Å². The zero-order valence-electron chi connectivity index (χ0n) is 14.4. The lowest BCUT2D eigenvalue weighted by Gasteiger charge is -2.40. The lowest BCUT2D eigenvalue weighted by atomic mass is 9.88. The number of aromatic carboxylic acids is 1. The predicted octanol–water partition coefficient (Wildman–Crippen LogP) is 2.61. The average molecular weight is 346 g/mol. The number of benzene rings is 1. The van der Waals surface area contributed by atoms with Gasteiger partial charge >= 0.3 is 12.0 Å². The van der Waals surface area contributed by atoms with E-state index in [1.54, 1.807) is 24.3 Å². The van der Waals surface area contributed by atoms with E-state index in [2.05, 4.69) is 5.32 Å². The van der Waals surface area contributed by atoms with E-state index >= 15 is 0 Å². The van der Waals surface area contributed by atoms with Crippen LogP contribution in [0.5, 0.6) is 0 Å². The molecule has 2 aliphatic rings. The number of urea groups is 1. The van der Waals surface area contributed by atoms with Gasteiger partial charge in [-0.25, -0.2) is 9.59 Å². The molecule has 3 rings (SSSR count). The lowest BCUT2D eigenvalue weighted by molar-refractivity contribution is 0.0526. The van der Waals surface area contributed by atoms with Crippen molar-refractivity contribution in [1.29, 1.82) is 0 Å². The number of hydrogen-bond acceptors (Lipinski definition) is 3. The summed E-state index contributed by atoms with van der Waals surface area (Å²) in [5, 5.41) is 22.1. The molecule has 1 saturated heterocycles. The Morgan fingerprint density at radius 2 is 1.84 bits per heavy atom. The minimum atomic E-state index is -0.957. The first kappa shape index (κ1) is 17.7. The maximum atomic E-state index is 12.7. The molecule has 2 fully saturated rings. The van der Waals surface area contributed by atoms with Gasteiger partial charge in [0.25, 0.3) is 0 Å². The zero-order valence-corrected chi connectivity index (χ0v) is 14.4. The van der Waals surface area contributed by atoms with Crippen molar-refractivity contribution in [3.05, 3.63) is 35.4 Å². The Morgan fingerprint density at radius 1 is 1.08 bits per heavy atom. The molecule has 2 amide bonds. The Balaban J connectivity index is 1.59. The normalized spacial score (nSPS) is 26.4. The van der Waals surface area contributed by atoms with Crippen molar-refractivity contribution >= 4 is 12.0 Å². The summed E-state index contributed by atoms with van der Waals surface area (Å²) in [6.45, 7) is 1.10. The molecule has 3 atom stereocenters. The summed E-state index contributed by atoms with van der Waals surface area (Å²) in [4.78, 5) is 25.4. The van der Waals surface area contributed by atoms with Crippen LogP contribution >= 0.6 is 0 Å². The van der Waals surface area contributed by atoms with Gasteiger partial charge in [0.05, 0.1) is 11.7 Å². The van der Waals surface area contributed by atoms with Crippen molar-refractivity contribution in [3.63, 3.8) is 0 Å². The molecule has 0 radical (unpaired) electrons. The summed E-state index contributed by atoms with van der Waals surface area (Å²) in [6.07, 6.45) is 5.64. The Hall–Kier alpha value is -2.08. The van der Waals surface area contributed by atoms with Gasteiger partial charge < -0.3 is 20.4 Å². The number of rotatable bonds is 4.